The molecule has 3 heterocycles. The van der Waals surface area contributed by atoms with Crippen LogP contribution in [0.3, 0.4) is 0 Å². The molecule has 18 atom stereocenters. The Bertz CT molecular complexity index is 2350. The highest BCUT2D eigenvalue weighted by atomic mass is 32.5. The minimum atomic E-state index is -3.49. The molecule has 4 rings (SSSR count). The summed E-state index contributed by atoms with van der Waals surface area (Å²) in [5.74, 6) is -5.56. The molecular weight excluding hydrogens is 1270 g/mol. The van der Waals surface area contributed by atoms with E-state index >= 15 is 0 Å². The third-order valence-corrected chi connectivity index (χ3v) is 15.7. The lowest BCUT2D eigenvalue weighted by molar-refractivity contribution is -0.272. The third-order valence-electron chi connectivity index (χ3n) is 14.9. The van der Waals surface area contributed by atoms with Crippen molar-refractivity contribution in [2.45, 2.75) is 182 Å². The van der Waals surface area contributed by atoms with Crippen LogP contribution in [0.4, 0.5) is 0 Å². The van der Waals surface area contributed by atoms with Crippen molar-refractivity contribution < 1.29 is 136 Å². The summed E-state index contributed by atoms with van der Waals surface area (Å²) >= 11 is 4.81. The predicted molar refractivity (Wildman–Crippen MR) is 315 cm³/mol. The largest absolute Gasteiger partial charge is 0.394 e. The summed E-state index contributed by atoms with van der Waals surface area (Å²) in [6, 6.07) is -6.23. The molecule has 92 heavy (non-hydrogen) atoms. The number of rotatable bonds is 40. The van der Waals surface area contributed by atoms with Crippen molar-refractivity contribution in [1.82, 2.24) is 42.5 Å². The quantitative estimate of drug-likeness (QED) is 0.0200. The number of ether oxygens (including phenoxy) is 9. The fraction of sp³-hybridized carbons (Fsp3) is 0.849. The molecule has 20 N–H and O–H groups in total. The van der Waals surface area contributed by atoms with Gasteiger partial charge in [-0.05, 0) is 50.3 Å². The number of amides is 8. The van der Waals surface area contributed by atoms with Gasteiger partial charge in [0.15, 0.2) is 18.9 Å². The fourth-order valence-corrected chi connectivity index (χ4v) is 11.2. The molecule has 0 spiro atoms. The lowest BCUT2D eigenvalue weighted by Gasteiger charge is -2.42. The molecule has 39 heteroatoms. The summed E-state index contributed by atoms with van der Waals surface area (Å²) in [5.41, 5.74) is 5.54. The number of hydrogen-bond donors (Lipinski definition) is 19. The standard InChI is InChI=1S/C53H94N9O28PS/c1-27(66)58-39-45(74)42(71)34(24-63)87-51(39)84-21-18-81-15-12-55-37(69)10-8-32(49(78)56-13-16-82-19-22-85-52-40(59-28(2)67)46(75)43(72)35(25-64)88-52)61-38(70)11-9-33(62-48(77)30-4-6-31(7-5-30)90-91(54,80)92)50(79)57-14-17-83-20-23-86-53-41(60-29(3)68)47(76)44(73)36(26-65)89-53/h30-36,39-47,51-53,63-65,71-76H,4-26H2,1-3H3,(H,55,69)(H,56,78)(H,57,79)(H,58,66)(H,59,67)(H,60,68)(H,61,70)(H,62,77)(H3,54,80,92). The Labute approximate surface area is 535 Å². The summed E-state index contributed by atoms with van der Waals surface area (Å²) in [5, 5.41) is 112. The van der Waals surface area contributed by atoms with E-state index in [0.717, 1.165) is 0 Å². The second-order valence-corrected chi connectivity index (χ2v) is 25.0. The van der Waals surface area contributed by atoms with E-state index in [1.807, 2.05) is 0 Å². The first-order valence-electron chi connectivity index (χ1n) is 30.2. The van der Waals surface area contributed by atoms with Crippen LogP contribution in [0.1, 0.15) is 72.1 Å². The average Bonchev–Trinajstić information content (AvgIpc) is 0.846. The van der Waals surface area contributed by atoms with Gasteiger partial charge in [-0.1, -0.05) is 0 Å². The molecular formula is C53H94N9O28PS. The second kappa shape index (κ2) is 41.5. The summed E-state index contributed by atoms with van der Waals surface area (Å²) in [4.78, 5) is 113. The van der Waals surface area contributed by atoms with Crippen LogP contribution in [-0.2, 0) is 97.3 Å². The highest BCUT2D eigenvalue weighted by Crippen LogP contribution is 2.39. The smallest absolute Gasteiger partial charge is 0.256 e. The zero-order valence-corrected chi connectivity index (χ0v) is 53.2. The Morgan fingerprint density at radius 3 is 1.20 bits per heavy atom. The van der Waals surface area contributed by atoms with Crippen molar-refractivity contribution in [2.24, 2.45) is 11.4 Å². The lowest BCUT2D eigenvalue weighted by atomic mass is 9.86. The predicted octanol–water partition coefficient (Wildman–Crippen LogP) is -9.45. The number of aliphatic hydroxyl groups is 9. The SMILES string of the molecule is CC(=O)NC1C(OCCOCCNC(=O)CCC(NC(=O)CCC(NC(=O)C2CCC(OP(N)(O)=S)CC2)C(=O)NCCOCCOC2OC(CO)C(O)C(O)C2NC(C)=O)C(=O)NCCOCCOC2OC(CO)C(O)C(O)C2NC(C)=O)OC(CO)C(O)C1O. The normalized spacial score (nSPS) is 30.3. The number of hydrogen-bond acceptors (Lipinski definition) is 28. The van der Waals surface area contributed by atoms with Gasteiger partial charge in [0.25, 0.3) is 6.64 Å². The molecule has 1 saturated carbocycles. The molecule has 4 fully saturated rings. The molecule has 0 radical (unpaired) electrons. The maximum Gasteiger partial charge on any atom is 0.256 e. The maximum atomic E-state index is 13.8. The molecule has 0 aromatic rings. The molecule has 1 aliphatic carbocycles. The van der Waals surface area contributed by atoms with Gasteiger partial charge in [-0.25, -0.2) is 0 Å². The van der Waals surface area contributed by atoms with E-state index in [2.05, 4.69) is 42.5 Å². The average molecular weight is 1370 g/mol. The molecule has 0 aromatic heterocycles. The Kier molecular flexibility index (Phi) is 36.1. The van der Waals surface area contributed by atoms with Crippen LogP contribution in [0.2, 0.25) is 0 Å². The minimum Gasteiger partial charge on any atom is -0.394 e. The number of carbonyl (C=O) groups excluding carboxylic acids is 8. The van der Waals surface area contributed by atoms with Crippen molar-refractivity contribution in [3.63, 3.8) is 0 Å². The topological polar surface area (TPSA) is 553 Å². The molecule has 37 nitrogen and oxygen atoms in total. The summed E-state index contributed by atoms with van der Waals surface area (Å²) < 4.78 is 55.6. The van der Waals surface area contributed by atoms with Gasteiger partial charge < -0.3 is 141 Å². The van der Waals surface area contributed by atoms with Gasteiger partial charge in [0.2, 0.25) is 47.3 Å². The first-order valence-corrected chi connectivity index (χ1v) is 32.9. The van der Waals surface area contributed by atoms with E-state index in [0.29, 0.717) is 12.8 Å². The van der Waals surface area contributed by atoms with Gasteiger partial charge in [-0.15, -0.1) is 0 Å². The minimum absolute atomic E-state index is 0.0276. The maximum absolute atomic E-state index is 13.8. The first kappa shape index (κ1) is 80.0. The molecule has 0 bridgehead atoms. The van der Waals surface area contributed by atoms with E-state index < -0.39 is 196 Å². The summed E-state index contributed by atoms with van der Waals surface area (Å²) in [6.45, 7) is -3.19. The third kappa shape index (κ3) is 27.7. The van der Waals surface area contributed by atoms with Crippen molar-refractivity contribution >= 4 is 65.7 Å². The van der Waals surface area contributed by atoms with Crippen LogP contribution in [0.15, 0.2) is 0 Å². The fourth-order valence-electron chi connectivity index (χ4n) is 10.2. The van der Waals surface area contributed by atoms with Crippen molar-refractivity contribution in [3.05, 3.63) is 0 Å². The zero-order valence-electron chi connectivity index (χ0n) is 51.5. The molecule has 8 amide bonds. The van der Waals surface area contributed by atoms with E-state index in [1.165, 1.54) is 20.8 Å². The number of nitrogens with two attached hydrogens (primary N) is 1. The van der Waals surface area contributed by atoms with Gasteiger partial charge in [0.05, 0.1) is 85.4 Å². The van der Waals surface area contributed by atoms with Crippen LogP contribution in [-0.4, -0.2) is 307 Å². The number of nitrogens with one attached hydrogen (secondary N) is 8. The van der Waals surface area contributed by atoms with E-state index in [1.54, 1.807) is 0 Å². The highest BCUT2D eigenvalue weighted by Gasteiger charge is 2.48. The number of carbonyl (C=O) groups is 8. The van der Waals surface area contributed by atoms with Crippen LogP contribution in [0.25, 0.3) is 0 Å². The van der Waals surface area contributed by atoms with E-state index in [-0.39, 0.29) is 111 Å². The van der Waals surface area contributed by atoms with Gasteiger partial charge in [0, 0.05) is 59.2 Å². The lowest BCUT2D eigenvalue weighted by Crippen LogP contribution is -2.64. The second-order valence-electron chi connectivity index (χ2n) is 22.1. The van der Waals surface area contributed by atoms with Crippen molar-refractivity contribution in [2.75, 3.05) is 98.9 Å². The van der Waals surface area contributed by atoms with Crippen molar-refractivity contribution in [3.8, 4) is 0 Å². The molecule has 0 aromatic carbocycles. The highest BCUT2D eigenvalue weighted by molar-refractivity contribution is 8.08. The van der Waals surface area contributed by atoms with Gasteiger partial charge >= 0.3 is 0 Å². The van der Waals surface area contributed by atoms with Crippen LogP contribution in [0.5, 0.6) is 0 Å². The molecule has 3 aliphatic heterocycles. The van der Waals surface area contributed by atoms with Gasteiger partial charge in [-0.2, -0.15) is 0 Å². The van der Waals surface area contributed by atoms with Crippen molar-refractivity contribution in [1.29, 1.82) is 0 Å². The Balaban J connectivity index is 1.35. The van der Waals surface area contributed by atoms with Gasteiger partial charge in [0.1, 0.15) is 85.1 Å². The number of aliphatic hydroxyl groups excluding tert-OH is 9. The summed E-state index contributed by atoms with van der Waals surface area (Å²) in [6.07, 6.45) is -17.2. The van der Waals surface area contributed by atoms with Crippen LogP contribution < -0.4 is 48.0 Å². The molecule has 530 valence electrons. The zero-order chi connectivity index (χ0) is 68.1. The summed E-state index contributed by atoms with van der Waals surface area (Å²) in [7, 11) is 0. The van der Waals surface area contributed by atoms with E-state index in [9.17, 15) is 89.2 Å². The molecule has 18 unspecified atom stereocenters. The molecule has 3 saturated heterocycles. The van der Waals surface area contributed by atoms with Crippen LogP contribution in [0, 0.1) is 5.92 Å². The Hall–Kier alpha value is -4.43. The van der Waals surface area contributed by atoms with Gasteiger partial charge in [-0.3, -0.25) is 43.9 Å². The Morgan fingerprint density at radius 2 is 0.848 bits per heavy atom. The first-order chi connectivity index (χ1) is 43.7. The monoisotopic (exact) mass is 1370 g/mol. The molecule has 4 aliphatic rings. The Morgan fingerprint density at radius 1 is 0.500 bits per heavy atom. The van der Waals surface area contributed by atoms with Crippen LogP contribution >= 0.6 is 6.64 Å². The van der Waals surface area contributed by atoms with E-state index in [4.69, 9.17) is 64.5 Å².